The van der Waals surface area contributed by atoms with E-state index < -0.39 is 0 Å². The Bertz CT molecular complexity index is 432. The molecule has 2 aliphatic carbocycles. The molecule has 0 spiro atoms. The highest BCUT2D eigenvalue weighted by Gasteiger charge is 2.29. The number of carbonyl (C=O) groups excluding carboxylic acids is 1. The number of nitrogens with one attached hydrogen (secondary N) is 2. The lowest BCUT2D eigenvalue weighted by atomic mass is 10.00. The molecule has 3 rings (SSSR count). The third-order valence-electron chi connectivity index (χ3n) is 4.14. The minimum Gasteiger partial charge on any atom is -0.347 e. The quantitative estimate of drug-likeness (QED) is 0.856. The molecule has 1 amide bonds. The van der Waals surface area contributed by atoms with E-state index in [9.17, 15) is 4.79 Å². The zero-order chi connectivity index (χ0) is 12.5. The van der Waals surface area contributed by atoms with Crippen molar-refractivity contribution in [3.8, 4) is 0 Å². The van der Waals surface area contributed by atoms with Crippen molar-refractivity contribution in [2.45, 2.75) is 57.4 Å². The molecule has 0 aromatic carbocycles. The molecule has 2 N–H and O–H groups in total. The van der Waals surface area contributed by atoms with Crippen molar-refractivity contribution in [2.75, 3.05) is 0 Å². The number of nitrogens with zero attached hydrogens (tertiary/aromatic N) is 2. The number of aromatic nitrogens is 3. The third kappa shape index (κ3) is 2.40. The number of rotatable bonds is 4. The van der Waals surface area contributed by atoms with Gasteiger partial charge in [0.05, 0.1) is 0 Å². The van der Waals surface area contributed by atoms with Crippen LogP contribution in [0.2, 0.25) is 0 Å². The van der Waals surface area contributed by atoms with Crippen LogP contribution in [-0.2, 0) is 0 Å². The fraction of sp³-hybridized carbons (Fsp3) is 0.769. The van der Waals surface area contributed by atoms with Crippen molar-refractivity contribution in [2.24, 2.45) is 5.92 Å². The van der Waals surface area contributed by atoms with Gasteiger partial charge in [-0.1, -0.05) is 12.8 Å². The normalized spacial score (nSPS) is 22.1. The van der Waals surface area contributed by atoms with E-state index in [1.54, 1.807) is 0 Å². The smallest absolute Gasteiger partial charge is 0.291 e. The van der Waals surface area contributed by atoms with E-state index in [4.69, 9.17) is 0 Å². The topological polar surface area (TPSA) is 70.7 Å². The summed E-state index contributed by atoms with van der Waals surface area (Å²) in [5, 5.41) is 9.91. The van der Waals surface area contributed by atoms with E-state index >= 15 is 0 Å². The van der Waals surface area contributed by atoms with Gasteiger partial charge < -0.3 is 5.32 Å². The maximum Gasteiger partial charge on any atom is 0.291 e. The van der Waals surface area contributed by atoms with Gasteiger partial charge in [0, 0.05) is 12.0 Å². The summed E-state index contributed by atoms with van der Waals surface area (Å²) in [7, 11) is 0. The van der Waals surface area contributed by atoms with Crippen molar-refractivity contribution in [1.29, 1.82) is 0 Å². The fourth-order valence-corrected chi connectivity index (χ4v) is 2.76. The minimum atomic E-state index is -0.141. The van der Waals surface area contributed by atoms with Crippen molar-refractivity contribution >= 4 is 5.91 Å². The van der Waals surface area contributed by atoms with E-state index in [2.05, 4.69) is 27.4 Å². The van der Waals surface area contributed by atoms with Gasteiger partial charge in [0.1, 0.15) is 5.82 Å². The lowest BCUT2D eigenvalue weighted by molar-refractivity contribution is 0.0917. The predicted molar refractivity (Wildman–Crippen MR) is 67.2 cm³/mol. The molecular formula is C13H20N4O. The summed E-state index contributed by atoms with van der Waals surface area (Å²) in [4.78, 5) is 16.3. The van der Waals surface area contributed by atoms with Crippen LogP contribution in [0.5, 0.6) is 0 Å². The SMILES string of the molecule is CC(NC(=O)c1n[nH]c(C2CC2)n1)C1CCCC1. The van der Waals surface area contributed by atoms with E-state index in [1.807, 2.05) is 0 Å². The molecule has 0 radical (unpaired) electrons. The van der Waals surface area contributed by atoms with Crippen LogP contribution in [0.15, 0.2) is 0 Å². The Balaban J connectivity index is 1.59. The number of H-pyrrole nitrogens is 1. The van der Waals surface area contributed by atoms with Crippen molar-refractivity contribution in [3.63, 3.8) is 0 Å². The molecule has 0 saturated heterocycles. The Hall–Kier alpha value is -1.39. The van der Waals surface area contributed by atoms with E-state index in [0.717, 1.165) is 18.7 Å². The van der Waals surface area contributed by atoms with Crippen LogP contribution in [-0.4, -0.2) is 27.1 Å². The molecule has 1 heterocycles. The molecule has 0 aliphatic heterocycles. The minimum absolute atomic E-state index is 0.141. The number of hydrogen-bond acceptors (Lipinski definition) is 3. The van der Waals surface area contributed by atoms with Crippen LogP contribution in [0.4, 0.5) is 0 Å². The van der Waals surface area contributed by atoms with Gasteiger partial charge in [-0.15, -0.1) is 5.10 Å². The number of carbonyl (C=O) groups is 1. The first-order valence-corrected chi connectivity index (χ1v) is 6.97. The molecule has 1 aromatic rings. The number of hydrogen-bond donors (Lipinski definition) is 2. The second-order valence-corrected chi connectivity index (χ2v) is 5.63. The van der Waals surface area contributed by atoms with Gasteiger partial charge >= 0.3 is 0 Å². The summed E-state index contributed by atoms with van der Waals surface area (Å²) < 4.78 is 0. The maximum atomic E-state index is 12.0. The van der Waals surface area contributed by atoms with E-state index in [-0.39, 0.29) is 11.9 Å². The van der Waals surface area contributed by atoms with E-state index in [1.165, 1.54) is 25.7 Å². The molecule has 98 valence electrons. The Morgan fingerprint density at radius 3 is 2.72 bits per heavy atom. The Morgan fingerprint density at radius 1 is 1.33 bits per heavy atom. The standard InChI is InChI=1S/C13H20N4O/c1-8(9-4-2-3-5-9)14-13(18)12-15-11(16-17-12)10-6-7-10/h8-10H,2-7H2,1H3,(H,14,18)(H,15,16,17). The van der Waals surface area contributed by atoms with E-state index in [0.29, 0.717) is 17.7 Å². The fourth-order valence-electron chi connectivity index (χ4n) is 2.76. The Labute approximate surface area is 107 Å². The zero-order valence-corrected chi connectivity index (χ0v) is 10.8. The summed E-state index contributed by atoms with van der Waals surface area (Å²) >= 11 is 0. The Kier molecular flexibility index (Phi) is 3.06. The van der Waals surface area contributed by atoms with Gasteiger partial charge in [0.25, 0.3) is 5.91 Å². The van der Waals surface area contributed by atoms with Gasteiger partial charge in [0.15, 0.2) is 0 Å². The first kappa shape index (κ1) is 11.7. The monoisotopic (exact) mass is 248 g/mol. The summed E-state index contributed by atoms with van der Waals surface area (Å²) in [6.45, 7) is 2.09. The lowest BCUT2D eigenvalue weighted by Crippen LogP contribution is -2.37. The molecule has 18 heavy (non-hydrogen) atoms. The van der Waals surface area contributed by atoms with Gasteiger partial charge in [0.2, 0.25) is 5.82 Å². The largest absolute Gasteiger partial charge is 0.347 e. The molecule has 1 aromatic heterocycles. The Morgan fingerprint density at radius 2 is 2.06 bits per heavy atom. The predicted octanol–water partition coefficient (Wildman–Crippen LogP) is 1.99. The average Bonchev–Trinajstić information content (AvgIpc) is 2.91. The highest BCUT2D eigenvalue weighted by molar-refractivity contribution is 5.90. The molecule has 2 fully saturated rings. The van der Waals surface area contributed by atoms with Crippen LogP contribution in [0.25, 0.3) is 0 Å². The van der Waals surface area contributed by atoms with Crippen molar-refractivity contribution < 1.29 is 4.79 Å². The van der Waals surface area contributed by atoms with Crippen LogP contribution in [0.1, 0.15) is 67.8 Å². The summed E-state index contributed by atoms with van der Waals surface area (Å²) in [5.74, 6) is 2.15. The molecule has 2 aliphatic rings. The number of aromatic amines is 1. The molecule has 1 atom stereocenters. The average molecular weight is 248 g/mol. The van der Waals surface area contributed by atoms with Crippen LogP contribution in [0, 0.1) is 5.92 Å². The highest BCUT2D eigenvalue weighted by atomic mass is 16.2. The van der Waals surface area contributed by atoms with Crippen LogP contribution >= 0.6 is 0 Å². The van der Waals surface area contributed by atoms with Crippen molar-refractivity contribution in [3.05, 3.63) is 11.6 Å². The zero-order valence-electron chi connectivity index (χ0n) is 10.8. The third-order valence-corrected chi connectivity index (χ3v) is 4.14. The first-order valence-electron chi connectivity index (χ1n) is 6.97. The first-order chi connectivity index (χ1) is 8.74. The van der Waals surface area contributed by atoms with Gasteiger partial charge in [-0.3, -0.25) is 9.89 Å². The number of amides is 1. The molecule has 1 unspecified atom stereocenters. The molecule has 2 saturated carbocycles. The summed E-state index contributed by atoms with van der Waals surface area (Å²) in [6, 6.07) is 0.225. The second kappa shape index (κ2) is 4.71. The molecular weight excluding hydrogens is 228 g/mol. The van der Waals surface area contributed by atoms with Crippen LogP contribution in [0.3, 0.4) is 0 Å². The molecule has 5 heteroatoms. The second-order valence-electron chi connectivity index (χ2n) is 5.63. The molecule has 0 bridgehead atoms. The lowest BCUT2D eigenvalue weighted by Gasteiger charge is -2.19. The van der Waals surface area contributed by atoms with Crippen LogP contribution < -0.4 is 5.32 Å². The highest BCUT2D eigenvalue weighted by Crippen LogP contribution is 2.37. The van der Waals surface area contributed by atoms with Gasteiger partial charge in [-0.05, 0) is 38.5 Å². The maximum absolute atomic E-state index is 12.0. The van der Waals surface area contributed by atoms with Gasteiger partial charge in [-0.2, -0.15) is 0 Å². The summed E-state index contributed by atoms with van der Waals surface area (Å²) in [5.41, 5.74) is 0. The molecule has 5 nitrogen and oxygen atoms in total. The van der Waals surface area contributed by atoms with Crippen molar-refractivity contribution in [1.82, 2.24) is 20.5 Å². The summed E-state index contributed by atoms with van der Waals surface area (Å²) in [6.07, 6.45) is 7.35. The van der Waals surface area contributed by atoms with Gasteiger partial charge in [-0.25, -0.2) is 4.98 Å².